The van der Waals surface area contributed by atoms with Gasteiger partial charge < -0.3 is 19.5 Å². The first-order valence-corrected chi connectivity index (χ1v) is 13.2. The van der Waals surface area contributed by atoms with Gasteiger partial charge in [0.25, 0.3) is 0 Å². The highest BCUT2D eigenvalue weighted by atomic mass is 16.5. The zero-order chi connectivity index (χ0) is 24.4. The van der Waals surface area contributed by atoms with Gasteiger partial charge in [-0.2, -0.15) is 5.10 Å². The lowest BCUT2D eigenvalue weighted by molar-refractivity contribution is -0.0712. The number of likely N-dealkylation sites (tertiary alicyclic amines) is 1. The molecular formula is C27H34N6O3. The number of hydrogen-bond acceptors (Lipinski definition) is 8. The normalized spacial score (nSPS) is 27.3. The Labute approximate surface area is 211 Å². The molecule has 0 radical (unpaired) electrons. The molecule has 2 bridgehead atoms. The van der Waals surface area contributed by atoms with Crippen LogP contribution in [0, 0.1) is 13.8 Å². The summed E-state index contributed by atoms with van der Waals surface area (Å²) in [6.45, 7) is 9.53. The highest BCUT2D eigenvalue weighted by molar-refractivity contribution is 5.82. The molecule has 2 aromatic heterocycles. The zero-order valence-corrected chi connectivity index (χ0v) is 21.1. The number of aliphatic hydroxyl groups is 1. The maximum Gasteiger partial charge on any atom is 0.159 e. The van der Waals surface area contributed by atoms with E-state index in [-0.39, 0.29) is 12.6 Å². The summed E-state index contributed by atoms with van der Waals surface area (Å²) in [5.74, 6) is 2.94. The van der Waals surface area contributed by atoms with Crippen LogP contribution in [0.1, 0.15) is 42.1 Å². The van der Waals surface area contributed by atoms with E-state index in [2.05, 4.69) is 28.9 Å². The summed E-state index contributed by atoms with van der Waals surface area (Å²) < 4.78 is 13.2. The number of ether oxygens (including phenoxy) is 2. The Kier molecular flexibility index (Phi) is 5.32. The Morgan fingerprint density at radius 3 is 2.56 bits per heavy atom. The molecule has 4 aliphatic heterocycles. The molecule has 2 atom stereocenters. The summed E-state index contributed by atoms with van der Waals surface area (Å²) in [5, 5.41) is 15.8. The van der Waals surface area contributed by atoms with Gasteiger partial charge in [-0.3, -0.25) is 4.90 Å². The smallest absolute Gasteiger partial charge is 0.159 e. The first-order valence-electron chi connectivity index (χ1n) is 13.2. The summed E-state index contributed by atoms with van der Waals surface area (Å²) in [7, 11) is 0. The molecule has 0 amide bonds. The number of morpholine rings is 1. The van der Waals surface area contributed by atoms with Crippen molar-refractivity contribution in [3.05, 3.63) is 41.3 Å². The summed E-state index contributed by atoms with van der Waals surface area (Å²) in [4.78, 5) is 14.4. The lowest BCUT2D eigenvalue weighted by atomic mass is 9.85. The first kappa shape index (κ1) is 22.6. The maximum absolute atomic E-state index is 9.89. The number of hydrogen-bond donors (Lipinski definition) is 1. The lowest BCUT2D eigenvalue weighted by Gasteiger charge is -2.41. The van der Waals surface area contributed by atoms with Crippen molar-refractivity contribution in [3.63, 3.8) is 0 Å². The van der Waals surface area contributed by atoms with Gasteiger partial charge in [-0.05, 0) is 69.0 Å². The predicted molar refractivity (Wildman–Crippen MR) is 136 cm³/mol. The minimum absolute atomic E-state index is 0.0379. The van der Waals surface area contributed by atoms with Gasteiger partial charge in [-0.1, -0.05) is 0 Å². The van der Waals surface area contributed by atoms with E-state index in [0.29, 0.717) is 30.9 Å². The Bertz CT molecular complexity index is 1300. The summed E-state index contributed by atoms with van der Waals surface area (Å²) >= 11 is 0. The highest BCUT2D eigenvalue weighted by Gasteiger charge is 2.51. The van der Waals surface area contributed by atoms with Crippen LogP contribution in [-0.4, -0.2) is 93.5 Å². The maximum atomic E-state index is 9.89. The molecular weight excluding hydrogens is 456 g/mol. The fraction of sp³-hybridized carbons (Fsp3) is 0.593. The van der Waals surface area contributed by atoms with Crippen molar-refractivity contribution < 1.29 is 14.6 Å². The molecule has 4 saturated heterocycles. The molecule has 1 N–H and O–H groups in total. The van der Waals surface area contributed by atoms with Gasteiger partial charge in [0.2, 0.25) is 0 Å². The van der Waals surface area contributed by atoms with Gasteiger partial charge in [0.05, 0.1) is 56.8 Å². The second-order valence-electron chi connectivity index (χ2n) is 11.1. The van der Waals surface area contributed by atoms with Crippen LogP contribution in [0.2, 0.25) is 0 Å². The Hall–Kier alpha value is -2.59. The molecule has 4 aliphatic rings. The molecule has 190 valence electrons. The SMILES string of the molecule is Cc1nc(N2CC3(CO)CC2CO3)cc(-n2ncc3cc(C)c(C4CCN(C5COC5)CC4)cc32)n1. The van der Waals surface area contributed by atoms with Crippen LogP contribution in [0.3, 0.4) is 0 Å². The number of aryl methyl sites for hydroxylation is 2. The molecule has 4 fully saturated rings. The van der Waals surface area contributed by atoms with Crippen LogP contribution in [-0.2, 0) is 9.47 Å². The monoisotopic (exact) mass is 490 g/mol. The van der Waals surface area contributed by atoms with Gasteiger partial charge in [-0.15, -0.1) is 0 Å². The number of nitrogens with zero attached hydrogens (tertiary/aromatic N) is 6. The molecule has 0 spiro atoms. The molecule has 36 heavy (non-hydrogen) atoms. The van der Waals surface area contributed by atoms with Crippen molar-refractivity contribution in [2.24, 2.45) is 0 Å². The standard InChI is InChI=1S/C27H34N6O3/c1-17-7-20-11-28-33(24(20)8-23(17)19-3-5-31(6-4-19)22-12-35-13-22)26-9-25(29-18(2)30-26)32-15-27(16-34)10-21(32)14-36-27/h7-9,11,19,21-22,34H,3-6,10,12-16H2,1-2H3. The van der Waals surface area contributed by atoms with Crippen molar-refractivity contribution in [2.45, 2.75) is 56.7 Å². The number of aromatic nitrogens is 4. The fourth-order valence-corrected chi connectivity index (χ4v) is 6.63. The molecule has 7 rings (SSSR count). The first-order chi connectivity index (χ1) is 17.5. The average molecular weight is 491 g/mol. The molecule has 1 aromatic carbocycles. The lowest BCUT2D eigenvalue weighted by Crippen LogP contribution is -2.51. The number of anilines is 1. The minimum Gasteiger partial charge on any atom is -0.393 e. The fourth-order valence-electron chi connectivity index (χ4n) is 6.63. The zero-order valence-electron chi connectivity index (χ0n) is 21.1. The predicted octanol–water partition coefficient (Wildman–Crippen LogP) is 2.35. The van der Waals surface area contributed by atoms with Gasteiger partial charge in [0.15, 0.2) is 5.82 Å². The van der Waals surface area contributed by atoms with Crippen LogP contribution in [0.25, 0.3) is 16.7 Å². The third-order valence-electron chi connectivity index (χ3n) is 8.76. The largest absolute Gasteiger partial charge is 0.393 e. The summed E-state index contributed by atoms with van der Waals surface area (Å²) in [6, 6.07) is 7.51. The number of rotatable bonds is 5. The van der Waals surface area contributed by atoms with Crippen LogP contribution in [0.15, 0.2) is 24.4 Å². The Morgan fingerprint density at radius 1 is 1.03 bits per heavy atom. The van der Waals surface area contributed by atoms with E-state index in [1.807, 2.05) is 23.9 Å². The van der Waals surface area contributed by atoms with E-state index in [1.165, 1.54) is 24.0 Å². The molecule has 6 heterocycles. The molecule has 0 aliphatic carbocycles. The van der Waals surface area contributed by atoms with Gasteiger partial charge >= 0.3 is 0 Å². The van der Waals surface area contributed by atoms with Crippen LogP contribution in [0.4, 0.5) is 5.82 Å². The number of aliphatic hydroxyl groups excluding tert-OH is 1. The van der Waals surface area contributed by atoms with Crippen molar-refractivity contribution in [1.82, 2.24) is 24.6 Å². The van der Waals surface area contributed by atoms with E-state index in [4.69, 9.17) is 24.5 Å². The molecule has 9 nitrogen and oxygen atoms in total. The third kappa shape index (κ3) is 3.63. The Balaban J connectivity index is 1.20. The second-order valence-corrected chi connectivity index (χ2v) is 11.1. The summed E-state index contributed by atoms with van der Waals surface area (Å²) in [5.41, 5.74) is 3.40. The van der Waals surface area contributed by atoms with E-state index in [0.717, 1.165) is 55.3 Å². The minimum atomic E-state index is -0.463. The number of fused-ring (bicyclic) bond motifs is 3. The van der Waals surface area contributed by atoms with Crippen LogP contribution in [0.5, 0.6) is 0 Å². The number of benzene rings is 1. The van der Waals surface area contributed by atoms with Crippen molar-refractivity contribution >= 4 is 16.7 Å². The van der Waals surface area contributed by atoms with E-state index >= 15 is 0 Å². The van der Waals surface area contributed by atoms with Gasteiger partial charge in [-0.25, -0.2) is 14.6 Å². The van der Waals surface area contributed by atoms with Crippen LogP contribution < -0.4 is 4.90 Å². The van der Waals surface area contributed by atoms with Crippen LogP contribution >= 0.6 is 0 Å². The van der Waals surface area contributed by atoms with E-state index in [9.17, 15) is 5.11 Å². The molecule has 0 saturated carbocycles. The average Bonchev–Trinajstić information content (AvgIpc) is 3.56. The summed E-state index contributed by atoms with van der Waals surface area (Å²) in [6.07, 6.45) is 5.13. The van der Waals surface area contributed by atoms with Crippen molar-refractivity contribution in [3.8, 4) is 5.82 Å². The van der Waals surface area contributed by atoms with Gasteiger partial charge in [0.1, 0.15) is 17.2 Å². The van der Waals surface area contributed by atoms with E-state index in [1.54, 1.807) is 0 Å². The second kappa shape index (κ2) is 8.48. The van der Waals surface area contributed by atoms with E-state index < -0.39 is 5.60 Å². The van der Waals surface area contributed by atoms with Gasteiger partial charge in [0, 0.05) is 17.9 Å². The van der Waals surface area contributed by atoms with Crippen molar-refractivity contribution in [2.75, 3.05) is 51.0 Å². The molecule has 9 heteroatoms. The third-order valence-corrected chi connectivity index (χ3v) is 8.76. The quantitative estimate of drug-likeness (QED) is 0.583. The molecule has 2 unspecified atom stereocenters. The molecule has 3 aromatic rings. The number of piperidine rings is 1. The Morgan fingerprint density at radius 2 is 1.83 bits per heavy atom. The van der Waals surface area contributed by atoms with Crippen molar-refractivity contribution in [1.29, 1.82) is 0 Å². The highest BCUT2D eigenvalue weighted by Crippen LogP contribution is 2.40. The topological polar surface area (TPSA) is 88.8 Å².